The number of aryl methyl sites for hydroxylation is 1. The second-order valence-corrected chi connectivity index (χ2v) is 7.43. The zero-order chi connectivity index (χ0) is 18.9. The number of anilines is 1. The van der Waals surface area contributed by atoms with Crippen molar-refractivity contribution in [2.75, 3.05) is 11.1 Å². The van der Waals surface area contributed by atoms with Gasteiger partial charge in [-0.05, 0) is 43.2 Å². The number of hydrogen-bond acceptors (Lipinski definition) is 3. The summed E-state index contributed by atoms with van der Waals surface area (Å²) >= 11 is 1.52. The molecule has 1 unspecified atom stereocenters. The molecule has 2 N–H and O–H groups in total. The third kappa shape index (κ3) is 6.56. The highest BCUT2D eigenvalue weighted by molar-refractivity contribution is 8.00. The molecule has 0 aliphatic carbocycles. The number of carbonyl (C=O) groups is 2. The molecule has 0 aliphatic heterocycles. The summed E-state index contributed by atoms with van der Waals surface area (Å²) in [6, 6.07) is 15.7. The van der Waals surface area contributed by atoms with Crippen molar-refractivity contribution in [1.82, 2.24) is 5.32 Å². The minimum atomic E-state index is -0.0165. The van der Waals surface area contributed by atoms with E-state index in [1.807, 2.05) is 69.3 Å². The third-order valence-corrected chi connectivity index (χ3v) is 5.15. The standard InChI is InChI=1S/C21H26N2O2S/c1-4-16(3)21(25)23-18-7-5-6-17(12-18)13-22-20(24)14-26-19-10-8-15(2)9-11-19/h5-12,16H,4,13-14H2,1-3H3,(H,22,24)(H,23,25). The minimum Gasteiger partial charge on any atom is -0.351 e. The largest absolute Gasteiger partial charge is 0.351 e. The summed E-state index contributed by atoms with van der Waals surface area (Å²) in [5.74, 6) is 0.373. The van der Waals surface area contributed by atoms with Gasteiger partial charge >= 0.3 is 0 Å². The molecular formula is C21H26N2O2S. The average molecular weight is 371 g/mol. The van der Waals surface area contributed by atoms with Crippen molar-refractivity contribution in [3.8, 4) is 0 Å². The summed E-state index contributed by atoms with van der Waals surface area (Å²) in [4.78, 5) is 25.1. The van der Waals surface area contributed by atoms with Gasteiger partial charge in [0.25, 0.3) is 0 Å². The van der Waals surface area contributed by atoms with Gasteiger partial charge in [0.15, 0.2) is 0 Å². The Morgan fingerprint density at radius 1 is 1.12 bits per heavy atom. The van der Waals surface area contributed by atoms with E-state index in [0.717, 1.165) is 22.6 Å². The molecule has 2 amide bonds. The van der Waals surface area contributed by atoms with Gasteiger partial charge in [-0.15, -0.1) is 11.8 Å². The van der Waals surface area contributed by atoms with Crippen LogP contribution in [0.1, 0.15) is 31.4 Å². The van der Waals surface area contributed by atoms with Crippen molar-refractivity contribution in [3.05, 3.63) is 59.7 Å². The van der Waals surface area contributed by atoms with Crippen molar-refractivity contribution in [3.63, 3.8) is 0 Å². The highest BCUT2D eigenvalue weighted by atomic mass is 32.2. The van der Waals surface area contributed by atoms with Crippen LogP contribution in [-0.2, 0) is 16.1 Å². The Bertz CT molecular complexity index is 744. The number of thioether (sulfide) groups is 1. The Morgan fingerprint density at radius 2 is 1.85 bits per heavy atom. The highest BCUT2D eigenvalue weighted by Gasteiger charge is 2.10. The van der Waals surface area contributed by atoms with E-state index < -0.39 is 0 Å². The molecular weight excluding hydrogens is 344 g/mol. The van der Waals surface area contributed by atoms with Gasteiger partial charge in [0.1, 0.15) is 0 Å². The maximum Gasteiger partial charge on any atom is 0.230 e. The molecule has 0 aromatic heterocycles. The number of nitrogens with one attached hydrogen (secondary N) is 2. The van der Waals surface area contributed by atoms with Crippen LogP contribution in [0.5, 0.6) is 0 Å². The van der Waals surface area contributed by atoms with Gasteiger partial charge in [0, 0.05) is 23.0 Å². The smallest absolute Gasteiger partial charge is 0.230 e. The van der Waals surface area contributed by atoms with Crippen LogP contribution in [0.15, 0.2) is 53.4 Å². The van der Waals surface area contributed by atoms with Gasteiger partial charge < -0.3 is 10.6 Å². The van der Waals surface area contributed by atoms with Gasteiger partial charge in [0.05, 0.1) is 5.75 Å². The van der Waals surface area contributed by atoms with Crippen LogP contribution in [-0.4, -0.2) is 17.6 Å². The zero-order valence-electron chi connectivity index (χ0n) is 15.5. The number of benzene rings is 2. The lowest BCUT2D eigenvalue weighted by molar-refractivity contribution is -0.120. The topological polar surface area (TPSA) is 58.2 Å². The van der Waals surface area contributed by atoms with Gasteiger partial charge in [-0.1, -0.05) is 43.7 Å². The molecule has 4 nitrogen and oxygen atoms in total. The quantitative estimate of drug-likeness (QED) is 0.678. The number of rotatable bonds is 8. The van der Waals surface area contributed by atoms with E-state index in [2.05, 4.69) is 10.6 Å². The SMILES string of the molecule is CCC(C)C(=O)Nc1cccc(CNC(=O)CSc2ccc(C)cc2)c1. The molecule has 0 spiro atoms. The molecule has 0 aliphatic rings. The van der Waals surface area contributed by atoms with Gasteiger partial charge in [-0.2, -0.15) is 0 Å². The first-order valence-electron chi connectivity index (χ1n) is 8.84. The summed E-state index contributed by atoms with van der Waals surface area (Å²) in [5.41, 5.74) is 2.93. The summed E-state index contributed by atoms with van der Waals surface area (Å²) in [5, 5.41) is 5.84. The van der Waals surface area contributed by atoms with Crippen molar-refractivity contribution in [2.24, 2.45) is 5.92 Å². The summed E-state index contributed by atoms with van der Waals surface area (Å²) in [6.45, 7) is 6.39. The summed E-state index contributed by atoms with van der Waals surface area (Å²) in [7, 11) is 0. The van der Waals surface area contributed by atoms with Crippen molar-refractivity contribution >= 4 is 29.3 Å². The molecule has 2 aromatic carbocycles. The maximum absolute atomic E-state index is 12.0. The van der Waals surface area contributed by atoms with Gasteiger partial charge in [-0.3, -0.25) is 9.59 Å². The Hall–Kier alpha value is -2.27. The Morgan fingerprint density at radius 3 is 2.54 bits per heavy atom. The normalized spacial score (nSPS) is 11.7. The van der Waals surface area contributed by atoms with Crippen LogP contribution in [0.3, 0.4) is 0 Å². The molecule has 138 valence electrons. The van der Waals surface area contributed by atoms with Crippen LogP contribution in [0, 0.1) is 12.8 Å². The van der Waals surface area contributed by atoms with E-state index in [1.165, 1.54) is 17.3 Å². The van der Waals surface area contributed by atoms with Crippen LogP contribution in [0.2, 0.25) is 0 Å². The molecule has 2 aromatic rings. The first kappa shape index (κ1) is 20.0. The minimum absolute atomic E-state index is 0.00961. The fraction of sp³-hybridized carbons (Fsp3) is 0.333. The first-order valence-corrected chi connectivity index (χ1v) is 9.82. The van der Waals surface area contributed by atoms with Crippen LogP contribution in [0.25, 0.3) is 0 Å². The number of carbonyl (C=O) groups excluding carboxylic acids is 2. The van der Waals surface area contributed by atoms with Crippen LogP contribution < -0.4 is 10.6 Å². The van der Waals surface area contributed by atoms with Crippen LogP contribution >= 0.6 is 11.8 Å². The molecule has 0 radical (unpaired) electrons. The predicted molar refractivity (Wildman–Crippen MR) is 108 cm³/mol. The second-order valence-electron chi connectivity index (χ2n) is 6.38. The predicted octanol–water partition coefficient (Wildman–Crippen LogP) is 4.39. The van der Waals surface area contributed by atoms with E-state index in [0.29, 0.717) is 12.3 Å². The highest BCUT2D eigenvalue weighted by Crippen LogP contribution is 2.18. The maximum atomic E-state index is 12.0. The molecule has 0 fully saturated rings. The third-order valence-electron chi connectivity index (χ3n) is 4.14. The second kappa shape index (κ2) is 10.0. The summed E-state index contributed by atoms with van der Waals surface area (Å²) < 4.78 is 0. The average Bonchev–Trinajstić information content (AvgIpc) is 2.65. The van der Waals surface area contributed by atoms with Crippen molar-refractivity contribution < 1.29 is 9.59 Å². The van der Waals surface area contributed by atoms with Crippen molar-refractivity contribution in [1.29, 1.82) is 0 Å². The fourth-order valence-corrected chi connectivity index (χ4v) is 2.97. The van der Waals surface area contributed by atoms with Crippen molar-refractivity contribution in [2.45, 2.75) is 38.6 Å². The Labute approximate surface area is 159 Å². The molecule has 0 heterocycles. The molecule has 1 atom stereocenters. The molecule has 5 heteroatoms. The monoisotopic (exact) mass is 370 g/mol. The first-order chi connectivity index (χ1) is 12.5. The Balaban J connectivity index is 1.81. The van der Waals surface area contributed by atoms with Crippen LogP contribution in [0.4, 0.5) is 5.69 Å². The fourth-order valence-electron chi connectivity index (χ4n) is 2.24. The zero-order valence-corrected chi connectivity index (χ0v) is 16.4. The number of amides is 2. The van der Waals surface area contributed by atoms with E-state index in [-0.39, 0.29) is 17.7 Å². The molecule has 2 rings (SSSR count). The van der Waals surface area contributed by atoms with E-state index >= 15 is 0 Å². The van der Waals surface area contributed by atoms with E-state index in [4.69, 9.17) is 0 Å². The Kier molecular flexibility index (Phi) is 7.73. The van der Waals surface area contributed by atoms with Gasteiger partial charge in [-0.25, -0.2) is 0 Å². The van der Waals surface area contributed by atoms with Gasteiger partial charge in [0.2, 0.25) is 11.8 Å². The molecule has 0 saturated carbocycles. The lowest BCUT2D eigenvalue weighted by Gasteiger charge is -2.11. The molecule has 0 bridgehead atoms. The van der Waals surface area contributed by atoms with E-state index in [1.54, 1.807) is 0 Å². The molecule has 0 saturated heterocycles. The summed E-state index contributed by atoms with van der Waals surface area (Å²) in [6.07, 6.45) is 0.806. The van der Waals surface area contributed by atoms with E-state index in [9.17, 15) is 9.59 Å². The number of hydrogen-bond donors (Lipinski definition) is 2. The lowest BCUT2D eigenvalue weighted by Crippen LogP contribution is -2.24. The lowest BCUT2D eigenvalue weighted by atomic mass is 10.1. The molecule has 26 heavy (non-hydrogen) atoms.